The molecule has 1 aromatic rings. The Bertz CT molecular complexity index is 417. The lowest BCUT2D eigenvalue weighted by molar-refractivity contribution is -0.142. The second-order valence-corrected chi connectivity index (χ2v) is 2.90. The first kappa shape index (κ1) is 6.23. The number of rotatable bonds is 4. The van der Waals surface area contributed by atoms with Crippen LogP contribution in [-0.4, -0.2) is 12.6 Å². The van der Waals surface area contributed by atoms with Gasteiger partial charge in [0.15, 0.2) is 0 Å². The molecule has 0 unspecified atom stereocenters. The van der Waals surface area contributed by atoms with E-state index in [1.807, 2.05) is 0 Å². The van der Waals surface area contributed by atoms with Crippen LogP contribution in [0.1, 0.15) is 24.9 Å². The number of hydrogen-bond acceptors (Lipinski definition) is 2. The first-order chi connectivity index (χ1) is 8.19. The van der Waals surface area contributed by atoms with Crippen molar-refractivity contribution in [1.82, 2.24) is 0 Å². The molecule has 0 amide bonds. The fourth-order valence-electron chi connectivity index (χ4n) is 0.950. The van der Waals surface area contributed by atoms with Gasteiger partial charge in [-0.15, -0.1) is 0 Å². The van der Waals surface area contributed by atoms with Crippen molar-refractivity contribution in [3.8, 4) is 0 Å². The van der Waals surface area contributed by atoms with Crippen molar-refractivity contribution in [3.63, 3.8) is 0 Å². The van der Waals surface area contributed by atoms with E-state index in [0.29, 0.717) is 0 Å². The van der Waals surface area contributed by atoms with Crippen LogP contribution in [0.25, 0.3) is 0 Å². The molecule has 0 aliphatic heterocycles. The van der Waals surface area contributed by atoms with E-state index in [2.05, 4.69) is 4.74 Å². The summed E-state index contributed by atoms with van der Waals surface area (Å²) >= 11 is 0. The van der Waals surface area contributed by atoms with Crippen molar-refractivity contribution in [2.45, 2.75) is 20.2 Å². The number of benzene rings is 1. The Balaban J connectivity index is 3.06. The van der Waals surface area contributed by atoms with Crippen LogP contribution in [0, 0.1) is 5.89 Å². The number of carbonyl (C=O) groups excluding carboxylic acids is 1. The standard InChI is InChI=1S/C12H16O2/c1-10(9-14-11(2)13)8-12-6-4-3-5-7-12/h3-7,10H,8-9H2,1-2H3/t10-/m0/s1/i8D2,9D,10D/t9-,10+/m1. The Morgan fingerprint density at radius 2 is 2.21 bits per heavy atom. The van der Waals surface area contributed by atoms with E-state index in [4.69, 9.17) is 5.48 Å². The minimum absolute atomic E-state index is 0.284. The van der Waals surface area contributed by atoms with Crippen LogP contribution in [-0.2, 0) is 15.9 Å². The summed E-state index contributed by atoms with van der Waals surface area (Å²) in [6.07, 6.45) is -2.10. The van der Waals surface area contributed by atoms with E-state index in [-0.39, 0.29) is 5.56 Å². The predicted octanol–water partition coefficient (Wildman–Crippen LogP) is 2.43. The first-order valence-electron chi connectivity index (χ1n) is 6.42. The van der Waals surface area contributed by atoms with Gasteiger partial charge in [-0.05, 0) is 17.8 Å². The van der Waals surface area contributed by atoms with E-state index < -0.39 is 24.8 Å². The zero-order valence-electron chi connectivity index (χ0n) is 12.3. The monoisotopic (exact) mass is 196 g/mol. The van der Waals surface area contributed by atoms with Gasteiger partial charge in [0.05, 0.1) is 7.95 Å². The normalized spacial score (nSPS) is 21.9. The molecule has 0 spiro atoms. The van der Waals surface area contributed by atoms with Gasteiger partial charge in [0.1, 0.15) is 0 Å². The number of carbonyl (C=O) groups is 1. The van der Waals surface area contributed by atoms with Crippen LogP contribution in [0.15, 0.2) is 30.3 Å². The fraction of sp³-hybridized carbons (Fsp3) is 0.417. The van der Waals surface area contributed by atoms with Gasteiger partial charge in [-0.3, -0.25) is 4.79 Å². The van der Waals surface area contributed by atoms with Crippen LogP contribution < -0.4 is 0 Å². The molecule has 2 nitrogen and oxygen atoms in total. The van der Waals surface area contributed by atoms with Crippen molar-refractivity contribution >= 4 is 5.97 Å². The minimum Gasteiger partial charge on any atom is -0.466 e. The van der Waals surface area contributed by atoms with Crippen LogP contribution in [0.5, 0.6) is 0 Å². The largest absolute Gasteiger partial charge is 0.466 e. The average Bonchev–Trinajstić information content (AvgIpc) is 2.29. The summed E-state index contributed by atoms with van der Waals surface area (Å²) in [5.41, 5.74) is 0.284. The molecule has 14 heavy (non-hydrogen) atoms. The molecule has 1 aromatic carbocycles. The molecule has 0 aromatic heterocycles. The summed E-state index contributed by atoms with van der Waals surface area (Å²) in [6, 6.07) is 8.16. The highest BCUT2D eigenvalue weighted by molar-refractivity contribution is 5.65. The smallest absolute Gasteiger partial charge is 0.302 e. The summed E-state index contributed by atoms with van der Waals surface area (Å²) in [6.45, 7) is 0.793. The van der Waals surface area contributed by atoms with Gasteiger partial charge in [0.2, 0.25) is 0 Å². The van der Waals surface area contributed by atoms with Crippen molar-refractivity contribution in [3.05, 3.63) is 35.9 Å². The quantitative estimate of drug-likeness (QED) is 0.691. The Kier molecular flexibility index (Phi) is 2.41. The minimum atomic E-state index is -2.10. The summed E-state index contributed by atoms with van der Waals surface area (Å²) < 4.78 is 36.3. The lowest BCUT2D eigenvalue weighted by Gasteiger charge is -2.10. The second kappa shape index (κ2) is 5.43. The lowest BCUT2D eigenvalue weighted by atomic mass is 10.0. The van der Waals surface area contributed by atoms with Gasteiger partial charge in [0, 0.05) is 11.0 Å². The summed E-state index contributed by atoms with van der Waals surface area (Å²) in [5.74, 6) is -2.60. The van der Waals surface area contributed by atoms with Crippen molar-refractivity contribution in [2.24, 2.45) is 5.89 Å². The summed E-state index contributed by atoms with van der Waals surface area (Å²) in [4.78, 5) is 10.8. The molecular formula is C12H16O2. The maximum atomic E-state index is 10.8. The van der Waals surface area contributed by atoms with Gasteiger partial charge >= 0.3 is 5.97 Å². The Hall–Kier alpha value is -1.31. The maximum Gasteiger partial charge on any atom is 0.302 e. The van der Waals surface area contributed by atoms with E-state index in [9.17, 15) is 4.79 Å². The van der Waals surface area contributed by atoms with Gasteiger partial charge in [0.25, 0.3) is 0 Å². The average molecular weight is 196 g/mol. The molecule has 0 saturated carbocycles. The zero-order valence-corrected chi connectivity index (χ0v) is 8.28. The van der Waals surface area contributed by atoms with Crippen molar-refractivity contribution in [1.29, 1.82) is 0 Å². The Morgan fingerprint density at radius 3 is 2.79 bits per heavy atom. The number of ether oxygens (including phenoxy) is 1. The van der Waals surface area contributed by atoms with E-state index >= 15 is 0 Å². The molecule has 0 radical (unpaired) electrons. The van der Waals surface area contributed by atoms with Crippen molar-refractivity contribution in [2.75, 3.05) is 6.58 Å². The SMILES string of the molecule is [2H][C@@H](OC(C)=O)[C@@]([2H])(C)C([2H])([2H])c1ccccc1. The number of esters is 1. The molecule has 2 heteroatoms. The molecule has 0 aliphatic carbocycles. The van der Waals surface area contributed by atoms with E-state index in [0.717, 1.165) is 6.92 Å². The third-order valence-electron chi connectivity index (χ3n) is 1.52. The molecule has 76 valence electrons. The van der Waals surface area contributed by atoms with Gasteiger partial charge < -0.3 is 4.74 Å². The van der Waals surface area contributed by atoms with E-state index in [1.54, 1.807) is 30.3 Å². The molecule has 0 aliphatic rings. The summed E-state index contributed by atoms with van der Waals surface area (Å²) in [5, 5.41) is 0. The maximum absolute atomic E-state index is 10.8. The molecular weight excluding hydrogens is 176 g/mol. The van der Waals surface area contributed by atoms with Crippen LogP contribution in [0.3, 0.4) is 0 Å². The molecule has 0 saturated heterocycles. The van der Waals surface area contributed by atoms with Crippen LogP contribution in [0.2, 0.25) is 0 Å². The summed E-state index contributed by atoms with van der Waals surface area (Å²) in [7, 11) is 0. The zero-order chi connectivity index (χ0) is 14.0. The van der Waals surface area contributed by atoms with Gasteiger partial charge in [-0.2, -0.15) is 0 Å². The Labute approximate surface area is 90.5 Å². The number of hydrogen-bond donors (Lipinski definition) is 0. The predicted molar refractivity (Wildman–Crippen MR) is 55.9 cm³/mol. The van der Waals surface area contributed by atoms with Gasteiger partial charge in [-0.1, -0.05) is 37.3 Å². The molecule has 1 rings (SSSR count). The third kappa shape index (κ3) is 4.08. The molecule has 0 N–H and O–H groups in total. The molecule has 0 bridgehead atoms. The Morgan fingerprint density at radius 1 is 1.57 bits per heavy atom. The van der Waals surface area contributed by atoms with Crippen LogP contribution >= 0.6 is 0 Å². The van der Waals surface area contributed by atoms with E-state index in [1.165, 1.54) is 6.92 Å². The third-order valence-corrected chi connectivity index (χ3v) is 1.52. The fourth-order valence-corrected chi connectivity index (χ4v) is 0.950. The molecule has 2 atom stereocenters. The molecule has 0 heterocycles. The first-order valence-corrected chi connectivity index (χ1v) is 4.34. The van der Waals surface area contributed by atoms with Crippen LogP contribution in [0.4, 0.5) is 0 Å². The lowest BCUT2D eigenvalue weighted by Crippen LogP contribution is -2.11. The van der Waals surface area contributed by atoms with Crippen molar-refractivity contribution < 1.29 is 15.0 Å². The highest BCUT2D eigenvalue weighted by Crippen LogP contribution is 2.08. The molecule has 0 fully saturated rings. The van der Waals surface area contributed by atoms with Gasteiger partial charge in [-0.25, -0.2) is 0 Å². The second-order valence-electron chi connectivity index (χ2n) is 2.90. The topological polar surface area (TPSA) is 26.3 Å². The highest BCUT2D eigenvalue weighted by Gasteiger charge is 2.04. The highest BCUT2D eigenvalue weighted by atomic mass is 16.5.